The number of anilines is 1. The zero-order valence-corrected chi connectivity index (χ0v) is 12.8. The molecule has 23 heavy (non-hydrogen) atoms. The van der Waals surface area contributed by atoms with Crippen LogP contribution in [0.1, 0.15) is 23.2 Å². The van der Waals surface area contributed by atoms with Gasteiger partial charge in [0.1, 0.15) is 11.6 Å². The minimum absolute atomic E-state index is 0.00529. The molecule has 1 heterocycles. The van der Waals surface area contributed by atoms with Crippen molar-refractivity contribution in [3.8, 4) is 5.75 Å². The van der Waals surface area contributed by atoms with Crippen LogP contribution in [0.4, 0.5) is 10.1 Å². The molecule has 0 N–H and O–H groups in total. The number of hydrogen-bond donors (Lipinski definition) is 0. The van der Waals surface area contributed by atoms with Gasteiger partial charge in [0, 0.05) is 18.7 Å². The largest absolute Gasteiger partial charge is 0.423 e. The average molecular weight is 334 g/mol. The molecule has 1 saturated heterocycles. The molecule has 0 aromatic heterocycles. The highest BCUT2D eigenvalue weighted by atomic mass is 35.5. The van der Waals surface area contributed by atoms with E-state index < -0.39 is 11.8 Å². The number of esters is 1. The van der Waals surface area contributed by atoms with E-state index in [0.717, 1.165) is 24.2 Å². The molecule has 118 valence electrons. The van der Waals surface area contributed by atoms with E-state index in [9.17, 15) is 14.0 Å². The van der Waals surface area contributed by atoms with Gasteiger partial charge >= 0.3 is 5.97 Å². The van der Waals surface area contributed by atoms with Crippen LogP contribution in [0.15, 0.2) is 42.5 Å². The van der Waals surface area contributed by atoms with Gasteiger partial charge in [0.25, 0.3) is 0 Å². The minimum atomic E-state index is -0.667. The number of benzene rings is 2. The molecule has 1 aliphatic rings. The Labute approximate surface area is 137 Å². The highest BCUT2D eigenvalue weighted by Gasteiger charge is 2.21. The zero-order chi connectivity index (χ0) is 16.4. The van der Waals surface area contributed by atoms with E-state index in [0.29, 0.717) is 18.7 Å². The normalized spacial score (nSPS) is 14.2. The molecule has 0 unspecified atom stereocenters. The third kappa shape index (κ3) is 3.35. The van der Waals surface area contributed by atoms with Crippen LogP contribution in [-0.4, -0.2) is 18.4 Å². The number of nitrogens with zero attached hydrogens (tertiary/aromatic N) is 1. The number of hydrogen-bond acceptors (Lipinski definition) is 3. The maximum absolute atomic E-state index is 13.0. The van der Waals surface area contributed by atoms with E-state index in [1.165, 1.54) is 6.07 Å². The SMILES string of the molecule is O=C(Oc1ccc(N2CCCC2=O)cc1)c1ccc(F)cc1Cl. The second-order valence-corrected chi connectivity index (χ2v) is 5.56. The molecular formula is C17H13ClFNO3. The summed E-state index contributed by atoms with van der Waals surface area (Å²) in [6.45, 7) is 0.698. The highest BCUT2D eigenvalue weighted by molar-refractivity contribution is 6.33. The molecule has 4 nitrogen and oxygen atoms in total. The number of carbonyl (C=O) groups is 2. The summed E-state index contributed by atoms with van der Waals surface area (Å²) >= 11 is 5.83. The first kappa shape index (κ1) is 15.5. The molecule has 0 radical (unpaired) electrons. The molecule has 2 aromatic carbocycles. The Morgan fingerprint density at radius 1 is 1.17 bits per heavy atom. The molecule has 0 saturated carbocycles. The van der Waals surface area contributed by atoms with E-state index in [1.807, 2.05) is 0 Å². The van der Waals surface area contributed by atoms with Crippen molar-refractivity contribution in [1.29, 1.82) is 0 Å². The standard InChI is InChI=1S/C17H13ClFNO3/c18-15-10-11(19)3-8-14(15)17(22)23-13-6-4-12(5-7-13)20-9-1-2-16(20)21/h3-8,10H,1-2,9H2. The van der Waals surface area contributed by atoms with Crippen molar-refractivity contribution in [2.45, 2.75) is 12.8 Å². The Morgan fingerprint density at radius 2 is 1.91 bits per heavy atom. The number of halogens is 2. The fraction of sp³-hybridized carbons (Fsp3) is 0.176. The fourth-order valence-electron chi connectivity index (χ4n) is 2.43. The summed E-state index contributed by atoms with van der Waals surface area (Å²) in [6.07, 6.45) is 1.40. The number of ether oxygens (including phenoxy) is 1. The third-order valence-corrected chi connectivity index (χ3v) is 3.90. The third-order valence-electron chi connectivity index (χ3n) is 3.58. The Morgan fingerprint density at radius 3 is 2.52 bits per heavy atom. The Kier molecular flexibility index (Phi) is 4.30. The average Bonchev–Trinajstić information content (AvgIpc) is 2.94. The summed E-state index contributed by atoms with van der Waals surface area (Å²) in [4.78, 5) is 25.4. The van der Waals surface area contributed by atoms with Gasteiger partial charge < -0.3 is 9.64 Å². The summed E-state index contributed by atoms with van der Waals surface area (Å²) in [5.74, 6) is -0.773. The summed E-state index contributed by atoms with van der Waals surface area (Å²) in [7, 11) is 0. The summed E-state index contributed by atoms with van der Waals surface area (Å²) < 4.78 is 18.2. The summed E-state index contributed by atoms with van der Waals surface area (Å²) in [6, 6.07) is 10.1. The van der Waals surface area contributed by atoms with Crippen LogP contribution in [-0.2, 0) is 4.79 Å². The maximum Gasteiger partial charge on any atom is 0.345 e. The molecule has 1 amide bonds. The van der Waals surface area contributed by atoms with Crippen LogP contribution in [0.2, 0.25) is 5.02 Å². The van der Waals surface area contributed by atoms with Crippen LogP contribution in [0.5, 0.6) is 5.75 Å². The molecular weight excluding hydrogens is 321 g/mol. The van der Waals surface area contributed by atoms with Gasteiger partial charge in [-0.3, -0.25) is 4.79 Å². The second-order valence-electron chi connectivity index (χ2n) is 5.16. The van der Waals surface area contributed by atoms with E-state index in [1.54, 1.807) is 29.2 Å². The van der Waals surface area contributed by atoms with Crippen LogP contribution < -0.4 is 9.64 Å². The van der Waals surface area contributed by atoms with Gasteiger partial charge in [-0.05, 0) is 48.9 Å². The molecule has 0 atom stereocenters. The van der Waals surface area contributed by atoms with E-state index in [-0.39, 0.29) is 16.5 Å². The van der Waals surface area contributed by atoms with Gasteiger partial charge in [0.05, 0.1) is 10.6 Å². The van der Waals surface area contributed by atoms with E-state index in [4.69, 9.17) is 16.3 Å². The predicted octanol–water partition coefficient (Wildman–Crippen LogP) is 3.83. The van der Waals surface area contributed by atoms with Crippen LogP contribution in [0.25, 0.3) is 0 Å². The van der Waals surface area contributed by atoms with Crippen LogP contribution in [0.3, 0.4) is 0 Å². The number of carbonyl (C=O) groups excluding carboxylic acids is 2. The molecule has 2 aromatic rings. The monoisotopic (exact) mass is 333 g/mol. The van der Waals surface area contributed by atoms with Crippen molar-refractivity contribution in [3.05, 3.63) is 58.9 Å². The van der Waals surface area contributed by atoms with Crippen molar-refractivity contribution in [2.75, 3.05) is 11.4 Å². The first-order valence-corrected chi connectivity index (χ1v) is 7.50. The van der Waals surface area contributed by atoms with Crippen molar-refractivity contribution in [2.24, 2.45) is 0 Å². The lowest BCUT2D eigenvalue weighted by atomic mass is 10.2. The number of amides is 1. The van der Waals surface area contributed by atoms with E-state index in [2.05, 4.69) is 0 Å². The molecule has 1 aliphatic heterocycles. The lowest BCUT2D eigenvalue weighted by Crippen LogP contribution is -2.23. The topological polar surface area (TPSA) is 46.6 Å². The molecule has 6 heteroatoms. The maximum atomic E-state index is 13.0. The highest BCUT2D eigenvalue weighted by Crippen LogP contribution is 2.25. The molecule has 3 rings (SSSR count). The van der Waals surface area contributed by atoms with Crippen molar-refractivity contribution >= 4 is 29.2 Å². The lowest BCUT2D eigenvalue weighted by molar-refractivity contribution is -0.117. The van der Waals surface area contributed by atoms with Crippen LogP contribution in [0, 0.1) is 5.82 Å². The van der Waals surface area contributed by atoms with Gasteiger partial charge in [-0.2, -0.15) is 0 Å². The first-order chi connectivity index (χ1) is 11.0. The molecule has 0 bridgehead atoms. The van der Waals surface area contributed by atoms with Gasteiger partial charge in [-0.25, -0.2) is 9.18 Å². The van der Waals surface area contributed by atoms with Crippen molar-refractivity contribution < 1.29 is 18.7 Å². The van der Waals surface area contributed by atoms with Gasteiger partial charge in [0.15, 0.2) is 0 Å². The van der Waals surface area contributed by atoms with Gasteiger partial charge in [-0.1, -0.05) is 11.6 Å². The van der Waals surface area contributed by atoms with Crippen molar-refractivity contribution in [3.63, 3.8) is 0 Å². The molecule has 1 fully saturated rings. The molecule has 0 aliphatic carbocycles. The predicted molar refractivity (Wildman–Crippen MR) is 84.4 cm³/mol. The van der Waals surface area contributed by atoms with Crippen LogP contribution >= 0.6 is 11.6 Å². The zero-order valence-electron chi connectivity index (χ0n) is 12.1. The van der Waals surface area contributed by atoms with E-state index >= 15 is 0 Å². The lowest BCUT2D eigenvalue weighted by Gasteiger charge is -2.15. The second kappa shape index (κ2) is 6.38. The summed E-state index contributed by atoms with van der Waals surface area (Å²) in [5, 5.41) is -0.00529. The fourth-order valence-corrected chi connectivity index (χ4v) is 2.68. The Hall–Kier alpha value is -2.40. The smallest absolute Gasteiger partial charge is 0.345 e. The number of rotatable bonds is 3. The Balaban J connectivity index is 1.73. The van der Waals surface area contributed by atoms with Crippen molar-refractivity contribution in [1.82, 2.24) is 0 Å². The van der Waals surface area contributed by atoms with Gasteiger partial charge in [-0.15, -0.1) is 0 Å². The summed E-state index contributed by atoms with van der Waals surface area (Å²) in [5.41, 5.74) is 0.860. The minimum Gasteiger partial charge on any atom is -0.423 e. The van der Waals surface area contributed by atoms with Gasteiger partial charge in [0.2, 0.25) is 5.91 Å². The quantitative estimate of drug-likeness (QED) is 0.633. The Bertz CT molecular complexity index is 761. The first-order valence-electron chi connectivity index (χ1n) is 7.12. The molecule has 0 spiro atoms.